The lowest BCUT2D eigenvalue weighted by molar-refractivity contribution is -0.135. The molecule has 3 aromatic rings. The molecule has 2 aliphatic heterocycles. The topological polar surface area (TPSA) is 35.5 Å². The molecule has 0 radical (unpaired) electrons. The van der Waals surface area contributed by atoms with Gasteiger partial charge < -0.3 is 9.47 Å². The van der Waals surface area contributed by atoms with Crippen LogP contribution < -0.4 is 9.47 Å². The van der Waals surface area contributed by atoms with Gasteiger partial charge in [-0.15, -0.1) is 0 Å². The second kappa shape index (κ2) is 5.73. The second-order valence-electron chi connectivity index (χ2n) is 8.54. The lowest BCUT2D eigenvalue weighted by Crippen LogP contribution is -2.39. The van der Waals surface area contributed by atoms with E-state index in [2.05, 4.69) is 52.8 Å². The van der Waals surface area contributed by atoms with Gasteiger partial charge in [-0.2, -0.15) is 0 Å². The molecule has 0 saturated carbocycles. The van der Waals surface area contributed by atoms with Gasteiger partial charge in [0.25, 0.3) is 0 Å². The van der Waals surface area contributed by atoms with Crippen LogP contribution in [0, 0.1) is 41.5 Å². The number of benzene rings is 3. The van der Waals surface area contributed by atoms with Gasteiger partial charge in [0.2, 0.25) is 0 Å². The van der Waals surface area contributed by atoms with E-state index in [1.165, 1.54) is 0 Å². The van der Waals surface area contributed by atoms with Crippen molar-refractivity contribution in [3.8, 4) is 17.2 Å². The van der Waals surface area contributed by atoms with Crippen molar-refractivity contribution in [2.24, 2.45) is 0 Å². The molecule has 1 spiro atoms. The van der Waals surface area contributed by atoms with E-state index < -0.39 is 5.41 Å². The number of hydrogen-bond acceptors (Lipinski definition) is 3. The molecule has 0 N–H and O–H groups in total. The summed E-state index contributed by atoms with van der Waals surface area (Å²) in [7, 11) is 0. The summed E-state index contributed by atoms with van der Waals surface area (Å²) in [5.74, 6) is 1.85. The molecule has 0 bridgehead atoms. The molecule has 29 heavy (non-hydrogen) atoms. The molecule has 0 amide bonds. The van der Waals surface area contributed by atoms with Crippen LogP contribution >= 0.6 is 0 Å². The van der Waals surface area contributed by atoms with Crippen LogP contribution in [0.2, 0.25) is 0 Å². The Morgan fingerprint density at radius 1 is 0.517 bits per heavy atom. The van der Waals surface area contributed by atoms with Crippen molar-refractivity contribution in [2.45, 2.75) is 47.0 Å². The number of ether oxygens (including phenoxy) is 2. The maximum atomic E-state index is 13.7. The van der Waals surface area contributed by atoms with Crippen LogP contribution in [0.15, 0.2) is 36.4 Å². The van der Waals surface area contributed by atoms with Gasteiger partial charge in [-0.05, 0) is 93.1 Å². The average molecular weight is 384 g/mol. The van der Waals surface area contributed by atoms with Crippen LogP contribution in [0.25, 0.3) is 0 Å². The van der Waals surface area contributed by atoms with E-state index in [1.807, 2.05) is 25.1 Å². The van der Waals surface area contributed by atoms with E-state index in [9.17, 15) is 4.79 Å². The van der Waals surface area contributed by atoms with Gasteiger partial charge in [-0.25, -0.2) is 4.79 Å². The first kappa shape index (κ1) is 18.0. The third kappa shape index (κ3) is 2.21. The molecule has 3 heteroatoms. The molecule has 0 aromatic heterocycles. The Labute approximate surface area is 171 Å². The van der Waals surface area contributed by atoms with Gasteiger partial charge in [0.05, 0.1) is 0 Å². The fourth-order valence-electron chi connectivity index (χ4n) is 4.56. The molecule has 0 unspecified atom stereocenters. The number of carbonyl (C=O) groups excluding carboxylic acids is 1. The Bertz CT molecular complexity index is 1180. The van der Waals surface area contributed by atoms with Crippen molar-refractivity contribution < 1.29 is 14.3 Å². The molecule has 0 saturated heterocycles. The highest BCUT2D eigenvalue weighted by Gasteiger charge is 2.57. The lowest BCUT2D eigenvalue weighted by Gasteiger charge is -2.36. The highest BCUT2D eigenvalue weighted by atomic mass is 16.5. The number of fused-ring (bicyclic) bond motifs is 6. The van der Waals surface area contributed by atoms with E-state index in [-0.39, 0.29) is 5.97 Å². The summed E-state index contributed by atoms with van der Waals surface area (Å²) >= 11 is 0. The van der Waals surface area contributed by atoms with Crippen LogP contribution in [-0.4, -0.2) is 5.97 Å². The summed E-state index contributed by atoms with van der Waals surface area (Å²) in [6.07, 6.45) is 0. The average Bonchev–Trinajstić information content (AvgIpc) is 2.92. The van der Waals surface area contributed by atoms with Crippen molar-refractivity contribution >= 4 is 5.97 Å². The Morgan fingerprint density at radius 3 is 1.21 bits per heavy atom. The van der Waals surface area contributed by atoms with Crippen molar-refractivity contribution in [3.05, 3.63) is 86.5 Å². The third-order valence-electron chi connectivity index (χ3n) is 6.73. The Morgan fingerprint density at radius 2 is 0.828 bits per heavy atom. The zero-order chi connectivity index (χ0) is 20.7. The fraction of sp³-hybridized carbons (Fsp3) is 0.269. The molecule has 2 aliphatic rings. The normalized spacial score (nSPS) is 15.4. The van der Waals surface area contributed by atoms with Crippen LogP contribution in [0.5, 0.6) is 17.2 Å². The standard InChI is InChI=1S/C26H24O3/c1-13-7-19-22(10-16(13)4)28-23-11-17(5)14(2)8-20(23)26(19)21-9-15(3)18(6)12-24(21)29-25(26)27/h7-12H,1-6H3. The minimum atomic E-state index is -1.01. The van der Waals surface area contributed by atoms with Crippen LogP contribution in [0.3, 0.4) is 0 Å². The molecule has 0 aliphatic carbocycles. The molecular weight excluding hydrogens is 360 g/mol. The van der Waals surface area contributed by atoms with E-state index in [4.69, 9.17) is 9.47 Å². The van der Waals surface area contributed by atoms with Crippen molar-refractivity contribution in [1.82, 2.24) is 0 Å². The first-order chi connectivity index (χ1) is 13.7. The molecule has 0 atom stereocenters. The third-order valence-corrected chi connectivity index (χ3v) is 6.73. The molecule has 3 aromatic carbocycles. The highest BCUT2D eigenvalue weighted by Crippen LogP contribution is 2.58. The molecular formula is C26H24O3. The first-order valence-corrected chi connectivity index (χ1v) is 9.98. The van der Waals surface area contributed by atoms with Crippen molar-refractivity contribution in [2.75, 3.05) is 0 Å². The minimum Gasteiger partial charge on any atom is -0.457 e. The maximum Gasteiger partial charge on any atom is 0.331 e. The number of rotatable bonds is 0. The number of hydrogen-bond donors (Lipinski definition) is 0. The summed E-state index contributed by atoms with van der Waals surface area (Å²) in [4.78, 5) is 13.7. The second-order valence-corrected chi connectivity index (χ2v) is 8.54. The molecule has 0 fully saturated rings. The van der Waals surface area contributed by atoms with Gasteiger partial charge in [0.1, 0.15) is 17.2 Å². The number of esters is 1. The SMILES string of the molecule is Cc1cc2c(cc1C)C1(C(=O)O2)c2cc(C)c(C)cc2Oc2cc(C)c(C)cc21. The quantitative estimate of drug-likeness (QED) is 0.358. The predicted octanol–water partition coefficient (Wildman–Crippen LogP) is 5.90. The van der Waals surface area contributed by atoms with Gasteiger partial charge in [0.15, 0.2) is 5.41 Å². The van der Waals surface area contributed by atoms with E-state index >= 15 is 0 Å². The summed E-state index contributed by atoms with van der Waals surface area (Å²) in [6.45, 7) is 12.4. The summed E-state index contributed by atoms with van der Waals surface area (Å²) in [5, 5.41) is 0. The molecule has 2 heterocycles. The van der Waals surface area contributed by atoms with Crippen LogP contribution in [0.1, 0.15) is 50.1 Å². The predicted molar refractivity (Wildman–Crippen MR) is 113 cm³/mol. The van der Waals surface area contributed by atoms with Crippen LogP contribution in [0.4, 0.5) is 0 Å². The smallest absolute Gasteiger partial charge is 0.331 e. The Hall–Kier alpha value is -3.07. The van der Waals surface area contributed by atoms with E-state index in [0.29, 0.717) is 5.75 Å². The van der Waals surface area contributed by atoms with Crippen molar-refractivity contribution in [1.29, 1.82) is 0 Å². The molecule has 5 rings (SSSR count). The van der Waals surface area contributed by atoms with Gasteiger partial charge in [-0.1, -0.05) is 18.2 Å². The molecule has 146 valence electrons. The van der Waals surface area contributed by atoms with Gasteiger partial charge >= 0.3 is 5.97 Å². The summed E-state index contributed by atoms with van der Waals surface area (Å²) in [6, 6.07) is 12.4. The summed E-state index contributed by atoms with van der Waals surface area (Å²) < 4.78 is 12.2. The number of carbonyl (C=O) groups is 1. The van der Waals surface area contributed by atoms with Gasteiger partial charge in [0, 0.05) is 16.7 Å². The van der Waals surface area contributed by atoms with E-state index in [1.54, 1.807) is 0 Å². The zero-order valence-electron chi connectivity index (χ0n) is 17.7. The largest absolute Gasteiger partial charge is 0.457 e. The maximum absolute atomic E-state index is 13.7. The van der Waals surface area contributed by atoms with Gasteiger partial charge in [-0.3, -0.25) is 0 Å². The fourth-order valence-corrected chi connectivity index (χ4v) is 4.56. The van der Waals surface area contributed by atoms with Crippen molar-refractivity contribution in [3.63, 3.8) is 0 Å². The Kier molecular flexibility index (Phi) is 3.55. The van der Waals surface area contributed by atoms with Crippen LogP contribution in [-0.2, 0) is 10.2 Å². The highest BCUT2D eigenvalue weighted by molar-refractivity contribution is 6.01. The Balaban J connectivity index is 1.96. The monoisotopic (exact) mass is 384 g/mol. The number of aryl methyl sites for hydroxylation is 6. The summed E-state index contributed by atoms with van der Waals surface area (Å²) in [5.41, 5.74) is 8.41. The molecule has 3 nitrogen and oxygen atoms in total. The zero-order valence-corrected chi connectivity index (χ0v) is 17.7. The first-order valence-electron chi connectivity index (χ1n) is 9.98. The minimum absolute atomic E-state index is 0.255. The van der Waals surface area contributed by atoms with E-state index in [0.717, 1.165) is 61.6 Å². The lowest BCUT2D eigenvalue weighted by atomic mass is 9.67.